The van der Waals surface area contributed by atoms with Gasteiger partial charge < -0.3 is 20.1 Å². The molecule has 1 aromatic rings. The Morgan fingerprint density at radius 3 is 2.63 bits per heavy atom. The van der Waals surface area contributed by atoms with Crippen LogP contribution in [0.25, 0.3) is 0 Å². The van der Waals surface area contributed by atoms with Crippen LogP contribution in [0.5, 0.6) is 0 Å². The van der Waals surface area contributed by atoms with E-state index in [9.17, 15) is 9.59 Å². The fourth-order valence-corrected chi connectivity index (χ4v) is 4.36. The molecule has 2 N–H and O–H groups in total. The molecule has 1 atom stereocenters. The van der Waals surface area contributed by atoms with Crippen LogP contribution in [0.2, 0.25) is 0 Å². The molecule has 0 aliphatic carbocycles. The second-order valence-electron chi connectivity index (χ2n) is 8.30. The van der Waals surface area contributed by atoms with Gasteiger partial charge in [0.05, 0.1) is 18.3 Å². The summed E-state index contributed by atoms with van der Waals surface area (Å²) in [4.78, 5) is 29.0. The van der Waals surface area contributed by atoms with Crippen LogP contribution >= 0.6 is 0 Å². The number of nitrogens with two attached hydrogens (primary N) is 1. The highest BCUT2D eigenvalue weighted by atomic mass is 16.5. The molecule has 2 aliphatic rings. The summed E-state index contributed by atoms with van der Waals surface area (Å²) in [7, 11) is 0. The number of hydrogen-bond acceptors (Lipinski definition) is 5. The van der Waals surface area contributed by atoms with E-state index in [0.29, 0.717) is 26.1 Å². The first-order valence-electron chi connectivity index (χ1n) is 10.1. The number of aryl methyl sites for hydroxylation is 2. The van der Waals surface area contributed by atoms with E-state index in [-0.39, 0.29) is 23.3 Å². The van der Waals surface area contributed by atoms with Gasteiger partial charge in [0, 0.05) is 37.0 Å². The van der Waals surface area contributed by atoms with Crippen LogP contribution in [0.15, 0.2) is 4.52 Å². The molecule has 2 fully saturated rings. The average molecular weight is 377 g/mol. The largest absolute Gasteiger partial charge is 0.361 e. The summed E-state index contributed by atoms with van der Waals surface area (Å²) in [6.45, 7) is 8.61. The topological polar surface area (TPSA) is 92.7 Å². The summed E-state index contributed by atoms with van der Waals surface area (Å²) in [6, 6.07) is -0.389. The maximum atomic E-state index is 12.6. The first-order valence-corrected chi connectivity index (χ1v) is 10.1. The second kappa shape index (κ2) is 8.00. The number of amides is 2. The Bertz CT molecular complexity index is 672. The van der Waals surface area contributed by atoms with Crippen molar-refractivity contribution < 1.29 is 14.1 Å². The highest BCUT2D eigenvalue weighted by Crippen LogP contribution is 2.41. The van der Waals surface area contributed by atoms with Crippen molar-refractivity contribution in [3.05, 3.63) is 17.0 Å². The Labute approximate surface area is 161 Å². The number of rotatable bonds is 6. The lowest BCUT2D eigenvalue weighted by molar-refractivity contribution is -0.135. The summed E-state index contributed by atoms with van der Waals surface area (Å²) < 4.78 is 5.22. The predicted molar refractivity (Wildman–Crippen MR) is 102 cm³/mol. The minimum Gasteiger partial charge on any atom is -0.361 e. The number of nitrogens with zero attached hydrogens (tertiary/aromatic N) is 3. The van der Waals surface area contributed by atoms with Crippen molar-refractivity contribution in [2.75, 3.05) is 19.6 Å². The van der Waals surface area contributed by atoms with Crippen LogP contribution in [0.4, 0.5) is 0 Å². The molecule has 1 spiro atoms. The lowest BCUT2D eigenvalue weighted by Gasteiger charge is -2.39. The van der Waals surface area contributed by atoms with Crippen molar-refractivity contribution in [1.82, 2.24) is 15.0 Å². The van der Waals surface area contributed by atoms with Crippen molar-refractivity contribution in [3.63, 3.8) is 0 Å². The minimum atomic E-state index is -0.389. The van der Waals surface area contributed by atoms with Gasteiger partial charge in [-0.15, -0.1) is 0 Å². The first kappa shape index (κ1) is 19.9. The lowest BCUT2D eigenvalue weighted by Crippen LogP contribution is -2.49. The number of hydrogen-bond donors (Lipinski definition) is 1. The Hall–Kier alpha value is -1.89. The van der Waals surface area contributed by atoms with Crippen LogP contribution < -0.4 is 5.73 Å². The van der Waals surface area contributed by atoms with Gasteiger partial charge in [0.1, 0.15) is 5.76 Å². The predicted octanol–water partition coefficient (Wildman–Crippen LogP) is 2.15. The number of carbonyl (C=O) groups is 2. The monoisotopic (exact) mass is 376 g/mol. The number of carbonyl (C=O) groups excluding carboxylic acids is 2. The molecule has 3 heterocycles. The molecule has 1 aromatic heterocycles. The van der Waals surface area contributed by atoms with E-state index in [1.54, 1.807) is 0 Å². The normalized spacial score (nSPS) is 20.5. The number of aromatic nitrogens is 1. The molecule has 0 saturated carbocycles. The van der Waals surface area contributed by atoms with Gasteiger partial charge in [0.15, 0.2) is 0 Å². The standard InChI is InChI=1S/C20H32N4O3/c1-4-5-6-17(21)19(26)23-9-7-20(8-10-23)11-18(25)24(13-20)12-16-14(2)22-27-15(16)3/h17H,4-13,21H2,1-3H3/t17-/m0/s1. The van der Waals surface area contributed by atoms with Crippen molar-refractivity contribution >= 4 is 11.8 Å². The van der Waals surface area contributed by atoms with Gasteiger partial charge in [0.2, 0.25) is 11.8 Å². The molecule has 7 nitrogen and oxygen atoms in total. The molecule has 150 valence electrons. The molecule has 7 heteroatoms. The van der Waals surface area contributed by atoms with Crippen molar-refractivity contribution in [2.45, 2.75) is 71.9 Å². The average Bonchev–Trinajstić information content (AvgIpc) is 3.13. The molecular weight excluding hydrogens is 344 g/mol. The van der Waals surface area contributed by atoms with Gasteiger partial charge in [-0.25, -0.2) is 0 Å². The molecule has 0 unspecified atom stereocenters. The van der Waals surface area contributed by atoms with E-state index < -0.39 is 0 Å². The van der Waals surface area contributed by atoms with E-state index in [1.807, 2.05) is 23.6 Å². The zero-order valence-electron chi connectivity index (χ0n) is 16.8. The van der Waals surface area contributed by atoms with Gasteiger partial charge in [-0.2, -0.15) is 0 Å². The molecular formula is C20H32N4O3. The molecule has 0 radical (unpaired) electrons. The van der Waals surface area contributed by atoms with Gasteiger partial charge in [-0.3, -0.25) is 9.59 Å². The molecule has 27 heavy (non-hydrogen) atoms. The smallest absolute Gasteiger partial charge is 0.239 e. The quantitative estimate of drug-likeness (QED) is 0.821. The lowest BCUT2D eigenvalue weighted by atomic mass is 9.77. The van der Waals surface area contributed by atoms with Crippen LogP contribution in [-0.2, 0) is 16.1 Å². The zero-order valence-corrected chi connectivity index (χ0v) is 16.8. The third-order valence-electron chi connectivity index (χ3n) is 6.26. The first-order chi connectivity index (χ1) is 12.8. The van der Waals surface area contributed by atoms with Crippen molar-refractivity contribution in [3.8, 4) is 0 Å². The minimum absolute atomic E-state index is 0.0135. The van der Waals surface area contributed by atoms with E-state index in [1.165, 1.54) is 0 Å². The van der Waals surface area contributed by atoms with Crippen LogP contribution in [-0.4, -0.2) is 52.4 Å². The molecule has 0 aromatic carbocycles. The fourth-order valence-electron chi connectivity index (χ4n) is 4.36. The van der Waals surface area contributed by atoms with Crippen LogP contribution in [0.1, 0.15) is 62.5 Å². The number of unbranched alkanes of at least 4 members (excludes halogenated alkanes) is 1. The van der Waals surface area contributed by atoms with Gasteiger partial charge >= 0.3 is 0 Å². The molecule has 2 aliphatic heterocycles. The highest BCUT2D eigenvalue weighted by Gasteiger charge is 2.45. The Kier molecular flexibility index (Phi) is 5.89. The fraction of sp³-hybridized carbons (Fsp3) is 0.750. The molecule has 0 bridgehead atoms. The molecule has 2 saturated heterocycles. The summed E-state index contributed by atoms with van der Waals surface area (Å²) in [5.41, 5.74) is 7.90. The highest BCUT2D eigenvalue weighted by molar-refractivity contribution is 5.82. The number of piperidine rings is 1. The third kappa shape index (κ3) is 4.18. The van der Waals surface area contributed by atoms with Gasteiger partial charge in [-0.1, -0.05) is 24.9 Å². The SMILES string of the molecule is CCCC[C@H](N)C(=O)N1CCC2(CC1)CC(=O)N(Cc1c(C)noc1C)C2. The maximum absolute atomic E-state index is 12.6. The van der Waals surface area contributed by atoms with Gasteiger partial charge in [0.25, 0.3) is 0 Å². The third-order valence-corrected chi connectivity index (χ3v) is 6.26. The van der Waals surface area contributed by atoms with Crippen molar-refractivity contribution in [2.24, 2.45) is 11.1 Å². The summed E-state index contributed by atoms with van der Waals surface area (Å²) in [6.07, 6.45) is 5.08. The summed E-state index contributed by atoms with van der Waals surface area (Å²) >= 11 is 0. The van der Waals surface area contributed by atoms with Crippen LogP contribution in [0.3, 0.4) is 0 Å². The Morgan fingerprint density at radius 1 is 1.33 bits per heavy atom. The maximum Gasteiger partial charge on any atom is 0.239 e. The van der Waals surface area contributed by atoms with E-state index >= 15 is 0 Å². The number of likely N-dealkylation sites (tertiary alicyclic amines) is 2. The van der Waals surface area contributed by atoms with Crippen LogP contribution in [0, 0.1) is 19.3 Å². The van der Waals surface area contributed by atoms with E-state index in [0.717, 1.165) is 55.7 Å². The molecule has 3 rings (SSSR count). The zero-order chi connectivity index (χ0) is 19.6. The molecule has 2 amide bonds. The Balaban J connectivity index is 1.57. The van der Waals surface area contributed by atoms with E-state index in [2.05, 4.69) is 12.1 Å². The Morgan fingerprint density at radius 2 is 2.04 bits per heavy atom. The summed E-state index contributed by atoms with van der Waals surface area (Å²) in [5, 5.41) is 3.99. The van der Waals surface area contributed by atoms with Gasteiger partial charge in [-0.05, 0) is 33.1 Å². The van der Waals surface area contributed by atoms with E-state index in [4.69, 9.17) is 10.3 Å². The summed E-state index contributed by atoms with van der Waals surface area (Å²) in [5.74, 6) is 1.03. The van der Waals surface area contributed by atoms with Crippen molar-refractivity contribution in [1.29, 1.82) is 0 Å². The second-order valence-corrected chi connectivity index (χ2v) is 8.30.